The van der Waals surface area contributed by atoms with E-state index in [0.29, 0.717) is 0 Å². The average molecular weight is 363 g/mol. The molecule has 0 bridgehead atoms. The Morgan fingerprint density at radius 2 is 1.81 bits per heavy atom. The molecule has 0 radical (unpaired) electrons. The lowest BCUT2D eigenvalue weighted by molar-refractivity contribution is 0.0831. The number of anilines is 1. The van der Waals surface area contributed by atoms with Gasteiger partial charge in [-0.3, -0.25) is 9.69 Å². The molecule has 1 aliphatic heterocycles. The Balaban J connectivity index is 1.47. The van der Waals surface area contributed by atoms with Crippen LogP contribution in [0.15, 0.2) is 54.7 Å². The van der Waals surface area contributed by atoms with Crippen LogP contribution in [0.1, 0.15) is 17.3 Å². The minimum absolute atomic E-state index is 0.145. The van der Waals surface area contributed by atoms with Crippen LogP contribution < -0.4 is 9.64 Å². The Hall–Kier alpha value is -2.79. The van der Waals surface area contributed by atoms with Crippen molar-refractivity contribution >= 4 is 22.4 Å². The van der Waals surface area contributed by atoms with E-state index in [1.54, 1.807) is 7.11 Å². The number of carbonyl (C=O) groups excluding carboxylic acids is 1. The zero-order chi connectivity index (χ0) is 18.8. The number of Topliss-reactive ketones (excluding diaryl/α,β-unsaturated/α-hetero) is 1. The number of benzene rings is 2. The van der Waals surface area contributed by atoms with Crippen LogP contribution in [0.3, 0.4) is 0 Å². The highest BCUT2D eigenvalue weighted by Gasteiger charge is 2.27. The summed E-state index contributed by atoms with van der Waals surface area (Å²) < 4.78 is 5.32. The van der Waals surface area contributed by atoms with Crippen LogP contribution in [0, 0.1) is 0 Å². The van der Waals surface area contributed by atoms with Crippen LogP contribution in [0.5, 0.6) is 5.75 Å². The molecule has 1 saturated heterocycles. The van der Waals surface area contributed by atoms with Gasteiger partial charge in [0, 0.05) is 54.5 Å². The van der Waals surface area contributed by atoms with E-state index in [0.717, 1.165) is 48.4 Å². The van der Waals surface area contributed by atoms with Crippen LogP contribution in [0.2, 0.25) is 0 Å². The quantitative estimate of drug-likeness (QED) is 0.704. The smallest absolute Gasteiger partial charge is 0.181 e. The number of para-hydroxylation sites is 1. The van der Waals surface area contributed by atoms with Gasteiger partial charge in [-0.1, -0.05) is 18.2 Å². The van der Waals surface area contributed by atoms with E-state index < -0.39 is 0 Å². The van der Waals surface area contributed by atoms with Crippen LogP contribution >= 0.6 is 0 Å². The summed E-state index contributed by atoms with van der Waals surface area (Å²) >= 11 is 0. The maximum absolute atomic E-state index is 13.2. The number of carbonyl (C=O) groups is 1. The van der Waals surface area contributed by atoms with Gasteiger partial charge < -0.3 is 14.6 Å². The fourth-order valence-electron chi connectivity index (χ4n) is 3.83. The van der Waals surface area contributed by atoms with Gasteiger partial charge in [0.25, 0.3) is 0 Å². The number of nitrogens with one attached hydrogen (secondary N) is 1. The van der Waals surface area contributed by atoms with Crippen molar-refractivity contribution in [2.45, 2.75) is 13.0 Å². The van der Waals surface area contributed by atoms with E-state index in [2.05, 4.69) is 39.0 Å². The van der Waals surface area contributed by atoms with Gasteiger partial charge in [0.15, 0.2) is 5.78 Å². The van der Waals surface area contributed by atoms with E-state index in [4.69, 9.17) is 4.74 Å². The zero-order valence-corrected chi connectivity index (χ0v) is 15.8. The maximum Gasteiger partial charge on any atom is 0.181 e. The first-order valence-electron chi connectivity index (χ1n) is 9.41. The number of fused-ring (bicyclic) bond motifs is 1. The third-order valence-electron chi connectivity index (χ3n) is 5.52. The van der Waals surface area contributed by atoms with Gasteiger partial charge in [0.1, 0.15) is 5.75 Å². The monoisotopic (exact) mass is 363 g/mol. The van der Waals surface area contributed by atoms with Crippen molar-refractivity contribution in [3.63, 3.8) is 0 Å². The number of aromatic amines is 1. The molecular weight excluding hydrogens is 338 g/mol. The second-order valence-corrected chi connectivity index (χ2v) is 7.01. The van der Waals surface area contributed by atoms with E-state index >= 15 is 0 Å². The van der Waals surface area contributed by atoms with Crippen molar-refractivity contribution in [3.05, 3.63) is 60.3 Å². The highest BCUT2D eigenvalue weighted by molar-refractivity contribution is 6.10. The number of ether oxygens (including phenoxy) is 1. The Morgan fingerprint density at radius 3 is 2.52 bits per heavy atom. The molecule has 27 heavy (non-hydrogen) atoms. The van der Waals surface area contributed by atoms with E-state index in [1.807, 2.05) is 37.4 Å². The molecule has 0 unspecified atom stereocenters. The van der Waals surface area contributed by atoms with Crippen molar-refractivity contribution in [1.82, 2.24) is 9.88 Å². The van der Waals surface area contributed by atoms with Crippen LogP contribution in [0.4, 0.5) is 5.69 Å². The fraction of sp³-hybridized carbons (Fsp3) is 0.318. The molecule has 1 aromatic heterocycles. The van der Waals surface area contributed by atoms with Crippen molar-refractivity contribution in [2.24, 2.45) is 0 Å². The van der Waals surface area contributed by atoms with Gasteiger partial charge >= 0.3 is 0 Å². The number of hydrogen-bond acceptors (Lipinski definition) is 4. The highest BCUT2D eigenvalue weighted by atomic mass is 16.5. The molecular formula is C22H25N3O2. The number of aromatic nitrogens is 1. The van der Waals surface area contributed by atoms with Gasteiger partial charge in [-0.2, -0.15) is 0 Å². The van der Waals surface area contributed by atoms with Crippen LogP contribution in [-0.2, 0) is 0 Å². The van der Waals surface area contributed by atoms with Crippen LogP contribution in [-0.4, -0.2) is 55.0 Å². The number of hydrogen-bond donors (Lipinski definition) is 1. The predicted octanol–water partition coefficient (Wildman–Crippen LogP) is 3.57. The average Bonchev–Trinajstić information content (AvgIpc) is 3.16. The molecule has 0 aliphatic carbocycles. The van der Waals surface area contributed by atoms with E-state index in [9.17, 15) is 4.79 Å². The SMILES string of the molecule is COc1ccc2[nH]cc(C(=O)[C@@H](C)N3CCN(c4ccccc4)CC3)c2c1. The lowest BCUT2D eigenvalue weighted by Gasteiger charge is -2.38. The fourth-order valence-corrected chi connectivity index (χ4v) is 3.83. The van der Waals surface area contributed by atoms with E-state index in [-0.39, 0.29) is 11.8 Å². The largest absolute Gasteiger partial charge is 0.497 e. The first-order chi connectivity index (χ1) is 13.2. The molecule has 0 saturated carbocycles. The molecule has 0 amide bonds. The number of ketones is 1. The summed E-state index contributed by atoms with van der Waals surface area (Å²) in [4.78, 5) is 21.0. The Kier molecular flexibility index (Phi) is 4.86. The first kappa shape index (κ1) is 17.6. The molecule has 1 atom stereocenters. The molecule has 2 aromatic carbocycles. The summed E-state index contributed by atoms with van der Waals surface area (Å²) in [6.07, 6.45) is 1.82. The standard InChI is InChI=1S/C22H25N3O2/c1-16(24-10-12-25(13-11-24)17-6-4-3-5-7-17)22(26)20-15-23-21-9-8-18(27-2)14-19(20)21/h3-9,14-16,23H,10-13H2,1-2H3/t16-/m1/s1. The van der Waals surface area contributed by atoms with Gasteiger partial charge in [-0.05, 0) is 37.3 Å². The minimum Gasteiger partial charge on any atom is -0.497 e. The molecule has 5 nitrogen and oxygen atoms in total. The molecule has 1 N–H and O–H groups in total. The predicted molar refractivity (Wildman–Crippen MR) is 109 cm³/mol. The maximum atomic E-state index is 13.2. The van der Waals surface area contributed by atoms with Gasteiger partial charge in [-0.25, -0.2) is 0 Å². The number of nitrogens with zero attached hydrogens (tertiary/aromatic N) is 2. The van der Waals surface area contributed by atoms with Crippen molar-refractivity contribution in [1.29, 1.82) is 0 Å². The van der Waals surface area contributed by atoms with Gasteiger partial charge in [0.05, 0.1) is 13.2 Å². The molecule has 1 fully saturated rings. The summed E-state index contributed by atoms with van der Waals surface area (Å²) in [6, 6.07) is 16.1. The number of piperazine rings is 1. The number of rotatable bonds is 5. The lowest BCUT2D eigenvalue weighted by Crippen LogP contribution is -2.51. The molecule has 3 aromatic rings. The van der Waals surface area contributed by atoms with Crippen molar-refractivity contribution < 1.29 is 9.53 Å². The molecule has 5 heteroatoms. The summed E-state index contributed by atoms with van der Waals surface area (Å²) in [7, 11) is 1.64. The highest BCUT2D eigenvalue weighted by Crippen LogP contribution is 2.26. The Labute approximate surface area is 159 Å². The van der Waals surface area contributed by atoms with Gasteiger partial charge in [0.2, 0.25) is 0 Å². The second kappa shape index (κ2) is 7.45. The third-order valence-corrected chi connectivity index (χ3v) is 5.52. The summed E-state index contributed by atoms with van der Waals surface area (Å²) in [5.41, 5.74) is 2.95. The lowest BCUT2D eigenvalue weighted by atomic mass is 10.0. The summed E-state index contributed by atoms with van der Waals surface area (Å²) in [5, 5.41) is 0.925. The third kappa shape index (κ3) is 3.43. The van der Waals surface area contributed by atoms with Crippen molar-refractivity contribution in [3.8, 4) is 5.75 Å². The topological polar surface area (TPSA) is 48.6 Å². The molecule has 4 rings (SSSR count). The number of methoxy groups -OCH3 is 1. The van der Waals surface area contributed by atoms with Crippen molar-refractivity contribution in [2.75, 3.05) is 38.2 Å². The Bertz CT molecular complexity index is 927. The van der Waals surface area contributed by atoms with Gasteiger partial charge in [-0.15, -0.1) is 0 Å². The van der Waals surface area contributed by atoms with E-state index in [1.165, 1.54) is 5.69 Å². The second-order valence-electron chi connectivity index (χ2n) is 7.01. The minimum atomic E-state index is -0.145. The summed E-state index contributed by atoms with van der Waals surface area (Å²) in [6.45, 7) is 5.65. The Morgan fingerprint density at radius 1 is 1.07 bits per heavy atom. The first-order valence-corrected chi connectivity index (χ1v) is 9.41. The molecule has 2 heterocycles. The van der Waals surface area contributed by atoms with Crippen LogP contribution in [0.25, 0.3) is 10.9 Å². The molecule has 1 aliphatic rings. The number of H-pyrrole nitrogens is 1. The zero-order valence-electron chi connectivity index (χ0n) is 15.8. The molecule has 140 valence electrons. The molecule has 0 spiro atoms. The normalized spacial score (nSPS) is 16.4. The summed E-state index contributed by atoms with van der Waals surface area (Å²) in [5.74, 6) is 0.919.